The molecule has 20 heavy (non-hydrogen) atoms. The van der Waals surface area contributed by atoms with E-state index in [1.807, 2.05) is 0 Å². The van der Waals surface area contributed by atoms with Crippen molar-refractivity contribution in [2.24, 2.45) is 14.1 Å². The summed E-state index contributed by atoms with van der Waals surface area (Å²) in [6.45, 7) is 1.66. The minimum Gasteiger partial charge on any atom is -0.298 e. The summed E-state index contributed by atoms with van der Waals surface area (Å²) in [5, 5.41) is 8.26. The van der Waals surface area contributed by atoms with Crippen LogP contribution in [0.1, 0.15) is 21.7 Å². The van der Waals surface area contributed by atoms with Crippen molar-refractivity contribution in [2.45, 2.75) is 23.2 Å². The lowest BCUT2D eigenvalue weighted by Gasteiger charge is -2.02. The van der Waals surface area contributed by atoms with Gasteiger partial charge < -0.3 is 0 Å². The molecule has 0 bridgehead atoms. The molecule has 2 heterocycles. The van der Waals surface area contributed by atoms with Gasteiger partial charge in [-0.2, -0.15) is 23.4 Å². The van der Waals surface area contributed by atoms with Crippen LogP contribution < -0.4 is 0 Å². The fraction of sp³-hybridized carbons (Fsp3) is 0.364. The van der Waals surface area contributed by atoms with Crippen LogP contribution in [-0.4, -0.2) is 25.8 Å². The summed E-state index contributed by atoms with van der Waals surface area (Å²) in [4.78, 5) is 11.0. The molecule has 9 heteroatoms. The quantitative estimate of drug-likeness (QED) is 0.817. The highest BCUT2D eigenvalue weighted by atomic mass is 32.2. The molecule has 0 spiro atoms. The zero-order chi connectivity index (χ0) is 15.1. The van der Waals surface area contributed by atoms with Gasteiger partial charge in [-0.3, -0.25) is 14.2 Å². The van der Waals surface area contributed by atoms with E-state index in [9.17, 15) is 18.0 Å². The van der Waals surface area contributed by atoms with Crippen LogP contribution in [0.3, 0.4) is 0 Å². The number of halogens is 3. The molecule has 0 aliphatic heterocycles. The number of hydrogen-bond acceptors (Lipinski definition) is 4. The number of aldehydes is 1. The highest BCUT2D eigenvalue weighted by Gasteiger charge is 2.34. The monoisotopic (exact) mass is 304 g/mol. The fourth-order valence-corrected chi connectivity index (χ4v) is 2.71. The van der Waals surface area contributed by atoms with Crippen LogP contribution in [0.15, 0.2) is 16.1 Å². The van der Waals surface area contributed by atoms with Gasteiger partial charge in [0.05, 0.1) is 11.3 Å². The van der Waals surface area contributed by atoms with Gasteiger partial charge in [0.2, 0.25) is 0 Å². The summed E-state index contributed by atoms with van der Waals surface area (Å²) < 4.78 is 40.4. The topological polar surface area (TPSA) is 52.7 Å². The van der Waals surface area contributed by atoms with Gasteiger partial charge in [-0.1, -0.05) is 11.8 Å². The molecule has 0 aliphatic rings. The molecule has 0 fully saturated rings. The van der Waals surface area contributed by atoms with E-state index in [1.165, 1.54) is 11.7 Å². The number of nitrogens with zero attached hydrogens (tertiary/aromatic N) is 4. The van der Waals surface area contributed by atoms with Crippen LogP contribution in [-0.2, 0) is 20.3 Å². The van der Waals surface area contributed by atoms with Gasteiger partial charge in [0.25, 0.3) is 0 Å². The Balaban J connectivity index is 2.41. The standard InChI is InChI=1S/C11H11F3N4OS/c1-6-7(5-19)10(18(3)15-6)20-9-4-8(11(12,13)14)16-17(9)2/h4-5H,1-3H3. The molecule has 0 radical (unpaired) electrons. The van der Waals surface area contributed by atoms with E-state index in [-0.39, 0.29) is 5.03 Å². The summed E-state index contributed by atoms with van der Waals surface area (Å²) in [7, 11) is 3.05. The molecule has 0 unspecified atom stereocenters. The van der Waals surface area contributed by atoms with Crippen molar-refractivity contribution < 1.29 is 18.0 Å². The Hall–Kier alpha value is -1.77. The van der Waals surface area contributed by atoms with Gasteiger partial charge >= 0.3 is 6.18 Å². The lowest BCUT2D eigenvalue weighted by molar-refractivity contribution is -0.141. The Kier molecular flexibility index (Phi) is 3.63. The Morgan fingerprint density at radius 1 is 1.25 bits per heavy atom. The first-order valence-corrected chi connectivity index (χ1v) is 6.33. The Morgan fingerprint density at radius 2 is 1.90 bits per heavy atom. The van der Waals surface area contributed by atoms with Gasteiger partial charge in [-0.15, -0.1) is 0 Å². The number of rotatable bonds is 3. The van der Waals surface area contributed by atoms with Crippen molar-refractivity contribution in [2.75, 3.05) is 0 Å². The van der Waals surface area contributed by atoms with Crippen molar-refractivity contribution in [3.8, 4) is 0 Å². The summed E-state index contributed by atoms with van der Waals surface area (Å²) >= 11 is 1.02. The highest BCUT2D eigenvalue weighted by molar-refractivity contribution is 7.99. The Morgan fingerprint density at radius 3 is 2.40 bits per heavy atom. The number of aromatic nitrogens is 4. The molecule has 0 saturated carbocycles. The fourth-order valence-electron chi connectivity index (χ4n) is 1.69. The smallest absolute Gasteiger partial charge is 0.298 e. The van der Waals surface area contributed by atoms with E-state index in [1.54, 1.807) is 14.0 Å². The summed E-state index contributed by atoms with van der Waals surface area (Å²) in [6, 6.07) is 0.946. The van der Waals surface area contributed by atoms with E-state index >= 15 is 0 Å². The number of carbonyl (C=O) groups excluding carboxylic acids is 1. The van der Waals surface area contributed by atoms with E-state index in [2.05, 4.69) is 10.2 Å². The van der Waals surface area contributed by atoms with Crippen molar-refractivity contribution in [1.29, 1.82) is 0 Å². The largest absolute Gasteiger partial charge is 0.435 e. The third-order valence-electron chi connectivity index (χ3n) is 2.66. The molecule has 5 nitrogen and oxygen atoms in total. The van der Waals surface area contributed by atoms with Crippen LogP contribution in [0.25, 0.3) is 0 Å². The molecule has 0 atom stereocenters. The average molecular weight is 304 g/mol. The maximum absolute atomic E-state index is 12.6. The average Bonchev–Trinajstić information content (AvgIpc) is 2.81. The van der Waals surface area contributed by atoms with E-state index in [0.29, 0.717) is 22.6 Å². The van der Waals surface area contributed by atoms with Gasteiger partial charge in [0, 0.05) is 20.2 Å². The molecular formula is C11H11F3N4OS. The van der Waals surface area contributed by atoms with E-state index in [0.717, 1.165) is 22.5 Å². The van der Waals surface area contributed by atoms with Crippen LogP contribution in [0, 0.1) is 6.92 Å². The van der Waals surface area contributed by atoms with Gasteiger partial charge in [-0.25, -0.2) is 0 Å². The molecule has 0 N–H and O–H groups in total. The molecule has 0 amide bonds. The Bertz CT molecular complexity index is 659. The first-order valence-electron chi connectivity index (χ1n) is 5.52. The van der Waals surface area contributed by atoms with Crippen molar-refractivity contribution in [1.82, 2.24) is 19.6 Å². The summed E-state index contributed by atoms with van der Waals surface area (Å²) in [6.07, 6.45) is -3.85. The van der Waals surface area contributed by atoms with Gasteiger partial charge in [-0.05, 0) is 6.92 Å². The second-order valence-corrected chi connectivity index (χ2v) is 5.15. The molecule has 2 rings (SSSR count). The van der Waals surface area contributed by atoms with Crippen molar-refractivity contribution >= 4 is 18.0 Å². The van der Waals surface area contributed by atoms with Crippen LogP contribution in [0.2, 0.25) is 0 Å². The maximum Gasteiger partial charge on any atom is 0.435 e. The first-order chi connectivity index (χ1) is 9.24. The number of aryl methyl sites for hydroxylation is 3. The minimum atomic E-state index is -4.49. The predicted molar refractivity (Wildman–Crippen MR) is 65.7 cm³/mol. The molecule has 0 saturated heterocycles. The van der Waals surface area contributed by atoms with Crippen molar-refractivity contribution in [3.05, 3.63) is 23.0 Å². The van der Waals surface area contributed by atoms with E-state index < -0.39 is 11.9 Å². The third kappa shape index (κ3) is 2.58. The molecule has 2 aromatic rings. The van der Waals surface area contributed by atoms with E-state index in [4.69, 9.17) is 0 Å². The van der Waals surface area contributed by atoms with Crippen LogP contribution >= 0.6 is 11.8 Å². The Labute approximate surface area is 116 Å². The van der Waals surface area contributed by atoms with Crippen LogP contribution in [0.5, 0.6) is 0 Å². The molecule has 0 aromatic carbocycles. The molecule has 0 aliphatic carbocycles. The lowest BCUT2D eigenvalue weighted by atomic mass is 10.3. The van der Waals surface area contributed by atoms with Gasteiger partial charge in [0.1, 0.15) is 10.1 Å². The highest BCUT2D eigenvalue weighted by Crippen LogP contribution is 2.35. The molecule has 2 aromatic heterocycles. The number of carbonyl (C=O) groups is 1. The molecular weight excluding hydrogens is 293 g/mol. The van der Waals surface area contributed by atoms with Gasteiger partial charge in [0.15, 0.2) is 12.0 Å². The minimum absolute atomic E-state index is 0.281. The van der Waals surface area contributed by atoms with Crippen molar-refractivity contribution in [3.63, 3.8) is 0 Å². The first kappa shape index (κ1) is 14.6. The van der Waals surface area contributed by atoms with Crippen LogP contribution in [0.4, 0.5) is 13.2 Å². The SMILES string of the molecule is Cc1nn(C)c(Sc2cc(C(F)(F)F)nn2C)c1C=O. The zero-order valence-corrected chi connectivity index (χ0v) is 11.7. The number of hydrogen-bond donors (Lipinski definition) is 0. The second kappa shape index (κ2) is 4.97. The lowest BCUT2D eigenvalue weighted by Crippen LogP contribution is -2.06. The maximum atomic E-state index is 12.6. The third-order valence-corrected chi connectivity index (χ3v) is 3.93. The second-order valence-electron chi connectivity index (χ2n) is 4.14. The normalized spacial score (nSPS) is 11.9. The molecule has 108 valence electrons. The summed E-state index contributed by atoms with van der Waals surface area (Å²) in [5.41, 5.74) is -0.0653. The predicted octanol–water partition coefficient (Wildman–Crippen LogP) is 2.44. The zero-order valence-electron chi connectivity index (χ0n) is 10.9. The number of alkyl halides is 3. The summed E-state index contributed by atoms with van der Waals surface area (Å²) in [5.74, 6) is 0.